The van der Waals surface area contributed by atoms with Crippen LogP contribution < -0.4 is 5.56 Å². The van der Waals surface area contributed by atoms with Gasteiger partial charge in [-0.2, -0.15) is 5.10 Å². The number of likely N-dealkylation sites (tertiary alicyclic amines) is 1. The van der Waals surface area contributed by atoms with E-state index < -0.39 is 0 Å². The SMILES string of the molecule is Cn1cc(C(=O)N2CCC[C@H](Cc3ccn[nH]3)C2)ccc1=O. The molecule has 0 saturated carbocycles. The quantitative estimate of drug-likeness (QED) is 0.926. The van der Waals surface area contributed by atoms with Crippen molar-refractivity contribution < 1.29 is 4.79 Å². The average molecular weight is 300 g/mol. The fraction of sp³-hybridized carbons (Fsp3) is 0.438. The lowest BCUT2D eigenvalue weighted by atomic mass is 9.93. The Morgan fingerprint density at radius 1 is 1.41 bits per heavy atom. The van der Waals surface area contributed by atoms with E-state index in [1.54, 1.807) is 25.5 Å². The van der Waals surface area contributed by atoms with Crippen LogP contribution in [-0.4, -0.2) is 38.7 Å². The maximum atomic E-state index is 12.6. The zero-order valence-corrected chi connectivity index (χ0v) is 12.7. The summed E-state index contributed by atoms with van der Waals surface area (Å²) in [5.41, 5.74) is 1.58. The molecule has 1 N–H and O–H groups in total. The van der Waals surface area contributed by atoms with E-state index in [9.17, 15) is 9.59 Å². The van der Waals surface area contributed by atoms with E-state index in [-0.39, 0.29) is 11.5 Å². The topological polar surface area (TPSA) is 71.0 Å². The van der Waals surface area contributed by atoms with Crippen molar-refractivity contribution in [3.05, 3.63) is 52.2 Å². The lowest BCUT2D eigenvalue weighted by molar-refractivity contribution is 0.0672. The molecule has 0 aromatic carbocycles. The molecule has 0 unspecified atom stereocenters. The number of nitrogens with zero attached hydrogens (tertiary/aromatic N) is 3. The number of hydrogen-bond donors (Lipinski definition) is 1. The van der Waals surface area contributed by atoms with Crippen molar-refractivity contribution in [3.63, 3.8) is 0 Å². The first-order valence-electron chi connectivity index (χ1n) is 7.57. The van der Waals surface area contributed by atoms with Crippen LogP contribution in [0, 0.1) is 5.92 Å². The number of rotatable bonds is 3. The summed E-state index contributed by atoms with van der Waals surface area (Å²) in [5, 5.41) is 6.95. The van der Waals surface area contributed by atoms with E-state index in [1.165, 1.54) is 10.6 Å². The Morgan fingerprint density at radius 3 is 3.00 bits per heavy atom. The molecule has 1 aliphatic heterocycles. The zero-order chi connectivity index (χ0) is 15.5. The largest absolute Gasteiger partial charge is 0.338 e. The third-order valence-corrected chi connectivity index (χ3v) is 4.21. The average Bonchev–Trinajstić information content (AvgIpc) is 3.02. The minimum absolute atomic E-state index is 0.00455. The number of aryl methyl sites for hydroxylation is 1. The highest BCUT2D eigenvalue weighted by molar-refractivity contribution is 5.94. The first-order chi connectivity index (χ1) is 10.6. The Labute approximate surface area is 128 Å². The van der Waals surface area contributed by atoms with Crippen LogP contribution in [0.1, 0.15) is 28.9 Å². The Hall–Kier alpha value is -2.37. The van der Waals surface area contributed by atoms with Gasteiger partial charge in [0.2, 0.25) is 5.56 Å². The van der Waals surface area contributed by atoms with E-state index >= 15 is 0 Å². The summed E-state index contributed by atoms with van der Waals surface area (Å²) >= 11 is 0. The van der Waals surface area contributed by atoms with Crippen LogP contribution in [0.2, 0.25) is 0 Å². The van der Waals surface area contributed by atoms with Crippen LogP contribution in [0.4, 0.5) is 0 Å². The fourth-order valence-electron chi connectivity index (χ4n) is 3.03. The van der Waals surface area contributed by atoms with Gasteiger partial charge in [0, 0.05) is 44.3 Å². The third kappa shape index (κ3) is 3.10. The van der Waals surface area contributed by atoms with Gasteiger partial charge in [0.1, 0.15) is 0 Å². The number of carbonyl (C=O) groups is 1. The Bertz CT molecular complexity index is 705. The number of piperidine rings is 1. The van der Waals surface area contributed by atoms with Gasteiger partial charge in [-0.15, -0.1) is 0 Å². The van der Waals surface area contributed by atoms with Crippen LogP contribution in [-0.2, 0) is 13.5 Å². The summed E-state index contributed by atoms with van der Waals surface area (Å²) in [7, 11) is 1.66. The van der Waals surface area contributed by atoms with Crippen LogP contribution in [0.5, 0.6) is 0 Å². The highest BCUT2D eigenvalue weighted by Crippen LogP contribution is 2.21. The summed E-state index contributed by atoms with van der Waals surface area (Å²) in [6, 6.07) is 5.04. The van der Waals surface area contributed by atoms with Crippen LogP contribution >= 0.6 is 0 Å². The summed E-state index contributed by atoms with van der Waals surface area (Å²) in [6.07, 6.45) is 6.41. The molecule has 1 fully saturated rings. The minimum atomic E-state index is -0.104. The first kappa shape index (κ1) is 14.6. The van der Waals surface area contributed by atoms with Gasteiger partial charge >= 0.3 is 0 Å². The van der Waals surface area contributed by atoms with Crippen LogP contribution in [0.15, 0.2) is 35.4 Å². The molecule has 1 saturated heterocycles. The first-order valence-corrected chi connectivity index (χ1v) is 7.57. The van der Waals surface area contributed by atoms with Gasteiger partial charge in [0.05, 0.1) is 5.56 Å². The predicted octanol–water partition coefficient (Wildman–Crippen LogP) is 1.20. The summed E-state index contributed by atoms with van der Waals surface area (Å²) < 4.78 is 1.44. The summed E-state index contributed by atoms with van der Waals surface area (Å²) in [5.74, 6) is 0.454. The van der Waals surface area contributed by atoms with Crippen molar-refractivity contribution in [1.82, 2.24) is 19.7 Å². The lowest BCUT2D eigenvalue weighted by Gasteiger charge is -2.32. The maximum Gasteiger partial charge on any atom is 0.255 e. The molecule has 22 heavy (non-hydrogen) atoms. The molecule has 3 rings (SSSR count). The molecule has 0 spiro atoms. The molecule has 0 radical (unpaired) electrons. The van der Waals surface area contributed by atoms with E-state index in [0.29, 0.717) is 11.5 Å². The molecule has 6 nitrogen and oxygen atoms in total. The molecule has 3 heterocycles. The normalized spacial score (nSPS) is 18.4. The molecule has 6 heteroatoms. The van der Waals surface area contributed by atoms with Crippen molar-refractivity contribution in [2.45, 2.75) is 19.3 Å². The van der Waals surface area contributed by atoms with Crippen molar-refractivity contribution >= 4 is 5.91 Å². The van der Waals surface area contributed by atoms with Gasteiger partial charge in [0.15, 0.2) is 0 Å². The number of nitrogens with one attached hydrogen (secondary N) is 1. The molecule has 0 aliphatic carbocycles. The van der Waals surface area contributed by atoms with Crippen molar-refractivity contribution in [3.8, 4) is 0 Å². The van der Waals surface area contributed by atoms with Crippen molar-refractivity contribution in [1.29, 1.82) is 0 Å². The molecule has 2 aromatic heterocycles. The number of aromatic amines is 1. The zero-order valence-electron chi connectivity index (χ0n) is 12.7. The van der Waals surface area contributed by atoms with Gasteiger partial charge in [-0.05, 0) is 37.3 Å². The Morgan fingerprint density at radius 2 is 2.27 bits per heavy atom. The van der Waals surface area contributed by atoms with Gasteiger partial charge in [-0.1, -0.05) is 0 Å². The predicted molar refractivity (Wildman–Crippen MR) is 82.6 cm³/mol. The number of H-pyrrole nitrogens is 1. The monoisotopic (exact) mass is 300 g/mol. The van der Waals surface area contributed by atoms with Gasteiger partial charge < -0.3 is 9.47 Å². The highest BCUT2D eigenvalue weighted by atomic mass is 16.2. The molecule has 1 atom stereocenters. The Kier molecular flexibility index (Phi) is 4.09. The molecule has 2 aromatic rings. The number of amides is 1. The summed E-state index contributed by atoms with van der Waals surface area (Å²) in [4.78, 5) is 25.9. The molecule has 116 valence electrons. The highest BCUT2D eigenvalue weighted by Gasteiger charge is 2.25. The maximum absolute atomic E-state index is 12.6. The van der Waals surface area contributed by atoms with E-state index in [1.807, 2.05) is 11.0 Å². The van der Waals surface area contributed by atoms with Gasteiger partial charge in [-0.25, -0.2) is 0 Å². The number of pyridine rings is 1. The van der Waals surface area contributed by atoms with Gasteiger partial charge in [-0.3, -0.25) is 14.7 Å². The second-order valence-corrected chi connectivity index (χ2v) is 5.91. The second kappa shape index (κ2) is 6.17. The number of hydrogen-bond acceptors (Lipinski definition) is 3. The van der Waals surface area contributed by atoms with Crippen molar-refractivity contribution in [2.75, 3.05) is 13.1 Å². The van der Waals surface area contributed by atoms with E-state index in [4.69, 9.17) is 0 Å². The van der Waals surface area contributed by atoms with Crippen LogP contribution in [0.25, 0.3) is 0 Å². The van der Waals surface area contributed by atoms with Gasteiger partial charge in [0.25, 0.3) is 5.91 Å². The van der Waals surface area contributed by atoms with E-state index in [2.05, 4.69) is 10.2 Å². The van der Waals surface area contributed by atoms with Crippen molar-refractivity contribution in [2.24, 2.45) is 13.0 Å². The second-order valence-electron chi connectivity index (χ2n) is 5.91. The molecule has 0 bridgehead atoms. The molecule has 1 aliphatic rings. The molecule has 1 amide bonds. The fourth-order valence-corrected chi connectivity index (χ4v) is 3.03. The third-order valence-electron chi connectivity index (χ3n) is 4.21. The van der Waals surface area contributed by atoms with Crippen LogP contribution in [0.3, 0.4) is 0 Å². The van der Waals surface area contributed by atoms with E-state index in [0.717, 1.165) is 38.0 Å². The number of aromatic nitrogens is 3. The lowest BCUT2D eigenvalue weighted by Crippen LogP contribution is -2.40. The molecular weight excluding hydrogens is 280 g/mol. The minimum Gasteiger partial charge on any atom is -0.338 e. The molecular formula is C16H20N4O2. The Balaban J connectivity index is 1.69. The number of carbonyl (C=O) groups excluding carboxylic acids is 1. The smallest absolute Gasteiger partial charge is 0.255 e. The summed E-state index contributed by atoms with van der Waals surface area (Å²) in [6.45, 7) is 1.53. The standard InChI is InChI=1S/C16H20N4O2/c1-19-11-13(4-5-15(19)21)16(22)20-8-2-3-12(10-20)9-14-6-7-17-18-14/h4-7,11-12H,2-3,8-10H2,1H3,(H,17,18)/t12-/m1/s1.